The van der Waals surface area contributed by atoms with Crippen LogP contribution in [0.4, 0.5) is 65.9 Å². The Morgan fingerprint density at radius 3 is 1.11 bits per heavy atom. The van der Waals surface area contributed by atoms with E-state index in [1.54, 1.807) is 4.74 Å². The fourth-order valence-electron chi connectivity index (χ4n) is 0.947. The van der Waals surface area contributed by atoms with E-state index in [2.05, 4.69) is 0 Å². The molecular formula is C8HF15O4. The van der Waals surface area contributed by atoms with E-state index in [0.717, 1.165) is 0 Å². The summed E-state index contributed by atoms with van der Waals surface area (Å²) < 4.78 is 188. The van der Waals surface area contributed by atoms with Gasteiger partial charge in [0.25, 0.3) is 0 Å². The number of aliphatic carboxylic acids is 1. The summed E-state index contributed by atoms with van der Waals surface area (Å²) in [6.07, 6.45) is -36.5. The van der Waals surface area contributed by atoms with Crippen LogP contribution < -0.4 is 0 Å². The predicted octanol–water partition coefficient (Wildman–Crippen LogP) is 4.31. The van der Waals surface area contributed by atoms with Crippen LogP contribution in [-0.2, 0) is 14.3 Å². The fraction of sp³-hybridized carbons (Fsp3) is 0.875. The van der Waals surface area contributed by atoms with E-state index in [4.69, 9.17) is 5.11 Å². The maximum Gasteiger partial charge on any atom is 0.483 e. The molecule has 0 bridgehead atoms. The summed E-state index contributed by atoms with van der Waals surface area (Å²) in [4.78, 5) is 10.2. The third-order valence-corrected chi connectivity index (χ3v) is 2.23. The lowest BCUT2D eigenvalue weighted by Gasteiger charge is -2.37. The number of ether oxygens (including phenoxy) is 2. The van der Waals surface area contributed by atoms with E-state index in [-0.39, 0.29) is 0 Å². The molecule has 0 aromatic heterocycles. The average molecular weight is 446 g/mol. The number of hydrogen-bond acceptors (Lipinski definition) is 3. The second-order valence-corrected chi connectivity index (χ2v) is 4.22. The standard InChI is InChI=1S/C8HF15O4/c9-2(1(24)25,26-7(20,21)4(12,13)14)3(10,11)6(18,19)27-8(22,23)5(15,16)17/h(H,24,25). The summed E-state index contributed by atoms with van der Waals surface area (Å²) >= 11 is 0. The summed E-state index contributed by atoms with van der Waals surface area (Å²) in [6, 6.07) is 0. The molecule has 0 saturated carbocycles. The van der Waals surface area contributed by atoms with Gasteiger partial charge in [0.15, 0.2) is 0 Å². The Labute approximate surface area is 135 Å². The van der Waals surface area contributed by atoms with Crippen molar-refractivity contribution in [2.75, 3.05) is 0 Å². The maximum atomic E-state index is 13.4. The Morgan fingerprint density at radius 1 is 0.556 bits per heavy atom. The van der Waals surface area contributed by atoms with Crippen LogP contribution in [0.1, 0.15) is 0 Å². The van der Waals surface area contributed by atoms with Crippen molar-refractivity contribution in [1.29, 1.82) is 0 Å². The molecule has 0 rings (SSSR count). The number of halogens is 15. The van der Waals surface area contributed by atoms with E-state index < -0.39 is 48.4 Å². The normalized spacial score (nSPS) is 17.6. The molecule has 0 saturated heterocycles. The summed E-state index contributed by atoms with van der Waals surface area (Å²) in [5.74, 6) is -19.4. The molecular weight excluding hydrogens is 445 g/mol. The zero-order chi connectivity index (χ0) is 22.5. The van der Waals surface area contributed by atoms with Crippen molar-refractivity contribution in [3.63, 3.8) is 0 Å². The SMILES string of the molecule is O=C(O)C(F)(OC(F)(F)C(F)(F)F)C(F)(F)C(F)(F)OC(F)(F)C(F)(F)F. The van der Waals surface area contributed by atoms with Crippen LogP contribution in [0.2, 0.25) is 0 Å². The first-order valence-electron chi connectivity index (χ1n) is 5.33. The van der Waals surface area contributed by atoms with E-state index in [1.807, 2.05) is 0 Å². The van der Waals surface area contributed by atoms with Crippen molar-refractivity contribution in [3.05, 3.63) is 0 Å². The number of hydrogen-bond donors (Lipinski definition) is 1. The van der Waals surface area contributed by atoms with Crippen molar-refractivity contribution in [3.8, 4) is 0 Å². The van der Waals surface area contributed by atoms with Gasteiger partial charge in [-0.2, -0.15) is 65.9 Å². The van der Waals surface area contributed by atoms with Gasteiger partial charge in [-0.15, -0.1) is 0 Å². The van der Waals surface area contributed by atoms with Gasteiger partial charge in [0.1, 0.15) is 0 Å². The Bertz CT molecular complexity index is 563. The van der Waals surface area contributed by atoms with Crippen LogP contribution in [0.15, 0.2) is 0 Å². The average Bonchev–Trinajstić information content (AvgIpc) is 2.33. The molecule has 0 spiro atoms. The molecule has 0 amide bonds. The third-order valence-electron chi connectivity index (χ3n) is 2.23. The van der Waals surface area contributed by atoms with Crippen LogP contribution in [0.5, 0.6) is 0 Å². The number of alkyl halides is 15. The molecule has 0 aliphatic heterocycles. The van der Waals surface area contributed by atoms with Crippen molar-refractivity contribution in [2.24, 2.45) is 0 Å². The Hall–Kier alpha value is -1.66. The first kappa shape index (κ1) is 25.3. The first-order valence-corrected chi connectivity index (χ1v) is 5.33. The fourth-order valence-corrected chi connectivity index (χ4v) is 0.947. The van der Waals surface area contributed by atoms with Crippen LogP contribution in [0.25, 0.3) is 0 Å². The lowest BCUT2D eigenvalue weighted by atomic mass is 10.1. The lowest BCUT2D eigenvalue weighted by Crippen LogP contribution is -2.67. The molecule has 0 aromatic rings. The minimum atomic E-state index is -7.78. The number of carboxylic acids is 1. The van der Waals surface area contributed by atoms with E-state index >= 15 is 0 Å². The van der Waals surface area contributed by atoms with E-state index in [1.165, 1.54) is 4.74 Å². The molecule has 4 nitrogen and oxygen atoms in total. The van der Waals surface area contributed by atoms with Gasteiger partial charge in [-0.3, -0.25) is 4.74 Å². The first-order chi connectivity index (χ1) is 11.4. The summed E-state index contributed by atoms with van der Waals surface area (Å²) in [6.45, 7) is 0. The molecule has 0 heterocycles. The topological polar surface area (TPSA) is 55.8 Å². The second-order valence-electron chi connectivity index (χ2n) is 4.22. The molecule has 1 atom stereocenters. The van der Waals surface area contributed by atoms with Crippen molar-refractivity contribution in [1.82, 2.24) is 0 Å². The molecule has 1 unspecified atom stereocenters. The minimum absolute atomic E-state index is 1.30. The van der Waals surface area contributed by atoms with Gasteiger partial charge in [-0.25, -0.2) is 9.53 Å². The van der Waals surface area contributed by atoms with Gasteiger partial charge in [-0.05, 0) is 0 Å². The van der Waals surface area contributed by atoms with E-state index in [9.17, 15) is 70.7 Å². The van der Waals surface area contributed by atoms with Crippen LogP contribution in [0, 0.1) is 0 Å². The highest BCUT2D eigenvalue weighted by molar-refractivity contribution is 5.77. The third kappa shape index (κ3) is 4.43. The minimum Gasteiger partial charge on any atom is -0.477 e. The van der Waals surface area contributed by atoms with Crippen molar-refractivity contribution < 1.29 is 85.2 Å². The van der Waals surface area contributed by atoms with Crippen molar-refractivity contribution in [2.45, 2.75) is 42.5 Å². The van der Waals surface area contributed by atoms with Crippen LogP contribution in [-0.4, -0.2) is 53.5 Å². The lowest BCUT2D eigenvalue weighted by molar-refractivity contribution is -0.520. The zero-order valence-corrected chi connectivity index (χ0v) is 11.3. The van der Waals surface area contributed by atoms with Gasteiger partial charge in [0.05, 0.1) is 0 Å². The number of rotatable bonds is 7. The Morgan fingerprint density at radius 2 is 0.852 bits per heavy atom. The maximum absolute atomic E-state index is 13.4. The molecule has 19 heteroatoms. The van der Waals surface area contributed by atoms with Crippen LogP contribution >= 0.6 is 0 Å². The molecule has 0 aliphatic carbocycles. The zero-order valence-electron chi connectivity index (χ0n) is 11.3. The predicted molar refractivity (Wildman–Crippen MR) is 45.5 cm³/mol. The van der Waals surface area contributed by atoms with Gasteiger partial charge >= 0.3 is 48.4 Å². The summed E-state index contributed by atoms with van der Waals surface area (Å²) in [5, 5.41) is 7.94. The molecule has 0 fully saturated rings. The summed E-state index contributed by atoms with van der Waals surface area (Å²) in [7, 11) is 0. The smallest absolute Gasteiger partial charge is 0.477 e. The number of carbonyl (C=O) groups is 1. The monoisotopic (exact) mass is 446 g/mol. The highest BCUT2D eigenvalue weighted by atomic mass is 19.4. The molecule has 162 valence electrons. The van der Waals surface area contributed by atoms with Gasteiger partial charge in [0.2, 0.25) is 0 Å². The Kier molecular flexibility index (Phi) is 6.05. The second kappa shape index (κ2) is 6.45. The van der Waals surface area contributed by atoms with Gasteiger partial charge in [0, 0.05) is 0 Å². The van der Waals surface area contributed by atoms with Crippen LogP contribution in [0.3, 0.4) is 0 Å². The molecule has 0 aromatic carbocycles. The quantitative estimate of drug-likeness (QED) is 0.593. The number of carboxylic acid groups (broad SMARTS) is 1. The Balaban J connectivity index is 6.25. The highest BCUT2D eigenvalue weighted by Gasteiger charge is 2.83. The molecule has 0 radical (unpaired) electrons. The van der Waals surface area contributed by atoms with E-state index in [0.29, 0.717) is 0 Å². The van der Waals surface area contributed by atoms with Gasteiger partial charge < -0.3 is 5.11 Å². The molecule has 27 heavy (non-hydrogen) atoms. The molecule has 1 N–H and O–H groups in total. The van der Waals surface area contributed by atoms with Crippen molar-refractivity contribution >= 4 is 5.97 Å². The molecule has 0 aliphatic rings. The largest absolute Gasteiger partial charge is 0.483 e. The van der Waals surface area contributed by atoms with Gasteiger partial charge in [-0.1, -0.05) is 0 Å². The summed E-state index contributed by atoms with van der Waals surface area (Å²) in [5.41, 5.74) is 0. The highest BCUT2D eigenvalue weighted by Crippen LogP contribution is 2.53.